The smallest absolute Gasteiger partial charge is 0.321 e. The van der Waals surface area contributed by atoms with Crippen molar-refractivity contribution in [2.75, 3.05) is 12.4 Å². The van der Waals surface area contributed by atoms with Gasteiger partial charge in [-0.05, 0) is 6.92 Å². The first-order chi connectivity index (χ1) is 7.43. The van der Waals surface area contributed by atoms with Gasteiger partial charge in [0.1, 0.15) is 10.9 Å². The lowest BCUT2D eigenvalue weighted by Crippen LogP contribution is -2.55. The van der Waals surface area contributed by atoms with Gasteiger partial charge < -0.3 is 15.9 Å². The van der Waals surface area contributed by atoms with Crippen molar-refractivity contribution >= 4 is 35.9 Å². The molecule has 1 saturated heterocycles. The highest BCUT2D eigenvalue weighted by Crippen LogP contribution is 2.35. The summed E-state index contributed by atoms with van der Waals surface area (Å²) >= 11 is 1.21. The van der Waals surface area contributed by atoms with E-state index >= 15 is 0 Å². The Hall–Kier alpha value is -0.340. The number of hydrogen-bond acceptors (Lipinski definition) is 6. The van der Waals surface area contributed by atoms with Gasteiger partial charge in [-0.25, -0.2) is 0 Å². The van der Waals surface area contributed by atoms with Gasteiger partial charge in [0.05, 0.1) is 6.04 Å². The van der Waals surface area contributed by atoms with Crippen molar-refractivity contribution in [3.63, 3.8) is 0 Å². The minimum atomic E-state index is -1.05. The van der Waals surface area contributed by atoms with Gasteiger partial charge in [-0.15, -0.1) is 24.2 Å². The van der Waals surface area contributed by atoms with Crippen molar-refractivity contribution < 1.29 is 19.8 Å². The van der Waals surface area contributed by atoms with Crippen LogP contribution in [0.4, 0.5) is 0 Å². The number of aliphatic hydroxyl groups excluding tert-OH is 1. The third kappa shape index (κ3) is 3.56. The van der Waals surface area contributed by atoms with Crippen LogP contribution in [0.3, 0.4) is 0 Å². The predicted molar refractivity (Wildman–Crippen MR) is 67.4 cm³/mol. The summed E-state index contributed by atoms with van der Waals surface area (Å²) in [5.74, 6) is -0.964. The van der Waals surface area contributed by atoms with Crippen LogP contribution < -0.4 is 11.1 Å². The van der Waals surface area contributed by atoms with E-state index in [4.69, 9.17) is 15.9 Å². The van der Waals surface area contributed by atoms with Crippen LogP contribution in [0.1, 0.15) is 13.3 Å². The van der Waals surface area contributed by atoms with Crippen molar-refractivity contribution in [1.29, 1.82) is 0 Å². The molecule has 100 valence electrons. The molecule has 0 aromatic rings. The van der Waals surface area contributed by atoms with Gasteiger partial charge in [-0.2, -0.15) is 0 Å². The Labute approximate surface area is 110 Å². The molecule has 1 aliphatic heterocycles. The second kappa shape index (κ2) is 6.55. The fourth-order valence-corrected chi connectivity index (χ4v) is 3.12. The number of ketones is 1. The molecule has 1 heterocycles. The predicted octanol–water partition coefficient (Wildman–Crippen LogP) is -0.807. The maximum Gasteiger partial charge on any atom is 0.321 e. The molecule has 17 heavy (non-hydrogen) atoms. The van der Waals surface area contributed by atoms with Crippen LogP contribution in [0.15, 0.2) is 0 Å². The van der Waals surface area contributed by atoms with E-state index in [1.807, 2.05) is 0 Å². The molecule has 0 aromatic heterocycles. The zero-order chi connectivity index (χ0) is 12.3. The number of Topliss-reactive ketones (excluding diaryl/α,β-unsaturated/α-hetero) is 1. The Kier molecular flexibility index (Phi) is 6.42. The van der Waals surface area contributed by atoms with Gasteiger partial charge in [-0.3, -0.25) is 14.9 Å². The summed E-state index contributed by atoms with van der Waals surface area (Å²) in [6.07, 6.45) is 0.168. The fourth-order valence-electron chi connectivity index (χ4n) is 1.66. The van der Waals surface area contributed by atoms with E-state index in [-0.39, 0.29) is 31.2 Å². The normalized spacial score (nSPS) is 29.5. The minimum absolute atomic E-state index is 0. The summed E-state index contributed by atoms with van der Waals surface area (Å²) in [7, 11) is 0. The van der Waals surface area contributed by atoms with E-state index < -0.39 is 22.9 Å². The monoisotopic (exact) mass is 284 g/mol. The summed E-state index contributed by atoms with van der Waals surface area (Å²) < 4.78 is 0. The van der Waals surface area contributed by atoms with Crippen LogP contribution in [-0.2, 0) is 9.59 Å². The average Bonchev–Trinajstić information content (AvgIpc) is 2.63. The summed E-state index contributed by atoms with van der Waals surface area (Å²) in [5.41, 5.74) is 5.52. The number of carboxylic acid groups (broad SMARTS) is 1. The number of nitrogens with one attached hydrogen (secondary N) is 1. The zero-order valence-corrected chi connectivity index (χ0v) is 11.0. The summed E-state index contributed by atoms with van der Waals surface area (Å²) in [4.78, 5) is 21.7. The molecule has 8 heteroatoms. The van der Waals surface area contributed by atoms with Crippen LogP contribution in [0, 0.1) is 0 Å². The molecule has 0 bridgehead atoms. The molecule has 1 fully saturated rings. The molecule has 1 rings (SSSR count). The first-order valence-electron chi connectivity index (χ1n) is 4.98. The lowest BCUT2D eigenvalue weighted by molar-refractivity contribution is -0.139. The fraction of sp³-hybridized carbons (Fsp3) is 0.778. The summed E-state index contributed by atoms with van der Waals surface area (Å²) in [6, 6.07) is -1.45. The number of rotatable bonds is 5. The van der Waals surface area contributed by atoms with Crippen molar-refractivity contribution in [2.24, 2.45) is 5.73 Å². The molecule has 0 amide bonds. The van der Waals surface area contributed by atoms with E-state index in [1.165, 1.54) is 11.8 Å². The number of carbonyl (C=O) groups is 2. The van der Waals surface area contributed by atoms with Crippen LogP contribution >= 0.6 is 24.2 Å². The number of nitrogens with two attached hydrogens (primary N) is 1. The molecule has 3 atom stereocenters. The van der Waals surface area contributed by atoms with Crippen LogP contribution in [0.5, 0.6) is 0 Å². The van der Waals surface area contributed by atoms with Crippen LogP contribution in [-0.4, -0.2) is 51.3 Å². The van der Waals surface area contributed by atoms with Gasteiger partial charge in [-0.1, -0.05) is 0 Å². The maximum absolute atomic E-state index is 11.9. The first-order valence-corrected chi connectivity index (χ1v) is 5.96. The molecule has 0 spiro atoms. The molecule has 2 unspecified atom stereocenters. The highest BCUT2D eigenvalue weighted by Gasteiger charge is 2.47. The second-order valence-corrected chi connectivity index (χ2v) is 5.12. The van der Waals surface area contributed by atoms with Crippen molar-refractivity contribution in [3.8, 4) is 0 Å². The molecular weight excluding hydrogens is 268 g/mol. The second-order valence-electron chi connectivity index (χ2n) is 3.80. The topological polar surface area (TPSA) is 113 Å². The van der Waals surface area contributed by atoms with Gasteiger partial charge >= 0.3 is 5.97 Å². The minimum Gasteiger partial charge on any atom is -0.480 e. The average molecular weight is 285 g/mol. The molecule has 0 saturated carbocycles. The molecule has 0 aromatic carbocycles. The number of carboxylic acids is 1. The van der Waals surface area contributed by atoms with E-state index in [0.717, 1.165) is 0 Å². The Morgan fingerprint density at radius 1 is 1.65 bits per heavy atom. The number of aliphatic carboxylic acids is 1. The van der Waals surface area contributed by atoms with E-state index in [1.54, 1.807) is 6.92 Å². The number of halogens is 1. The number of aliphatic hydroxyl groups is 1. The highest BCUT2D eigenvalue weighted by atomic mass is 35.5. The van der Waals surface area contributed by atoms with Gasteiger partial charge in [0.25, 0.3) is 0 Å². The Bertz CT molecular complexity index is 303. The van der Waals surface area contributed by atoms with Crippen LogP contribution in [0.2, 0.25) is 0 Å². The van der Waals surface area contributed by atoms with E-state index in [0.29, 0.717) is 5.75 Å². The Morgan fingerprint density at radius 3 is 2.59 bits per heavy atom. The molecule has 5 N–H and O–H groups in total. The van der Waals surface area contributed by atoms with Gasteiger partial charge in [0.15, 0.2) is 5.78 Å². The van der Waals surface area contributed by atoms with E-state index in [2.05, 4.69) is 5.32 Å². The van der Waals surface area contributed by atoms with Gasteiger partial charge in [0, 0.05) is 18.8 Å². The largest absolute Gasteiger partial charge is 0.480 e. The van der Waals surface area contributed by atoms with Crippen molar-refractivity contribution in [3.05, 3.63) is 0 Å². The lowest BCUT2D eigenvalue weighted by atomic mass is 10.0. The molecule has 0 aliphatic carbocycles. The molecule has 1 aliphatic rings. The summed E-state index contributed by atoms with van der Waals surface area (Å²) in [5, 5.41) is 20.6. The summed E-state index contributed by atoms with van der Waals surface area (Å²) in [6.45, 7) is 1.36. The number of hydrogen-bond donors (Lipinski definition) is 4. The maximum atomic E-state index is 11.9. The standard InChI is InChI=1S/C9H16N2O4S.ClH/c1-5(10)7(13)9(2-3-12)11-6(4-16-9)8(14)15;/h5-6,11-12H,2-4,10H2,1H3,(H,14,15);1H/t5-,6?,9?;/m0./s1. The van der Waals surface area contributed by atoms with Crippen molar-refractivity contribution in [2.45, 2.75) is 30.3 Å². The van der Waals surface area contributed by atoms with Gasteiger partial charge in [0.2, 0.25) is 0 Å². The highest BCUT2D eigenvalue weighted by molar-refractivity contribution is 8.01. The molecule has 6 nitrogen and oxygen atoms in total. The third-order valence-electron chi connectivity index (χ3n) is 2.48. The molecule has 0 radical (unpaired) electrons. The first kappa shape index (κ1) is 16.7. The zero-order valence-electron chi connectivity index (χ0n) is 9.38. The quantitative estimate of drug-likeness (QED) is 0.522. The lowest BCUT2D eigenvalue weighted by Gasteiger charge is -2.28. The Morgan fingerprint density at radius 2 is 2.24 bits per heavy atom. The Balaban J connectivity index is 0.00000256. The number of carbonyl (C=O) groups excluding carboxylic acids is 1. The van der Waals surface area contributed by atoms with Crippen LogP contribution in [0.25, 0.3) is 0 Å². The number of thioether (sulfide) groups is 1. The van der Waals surface area contributed by atoms with Crippen molar-refractivity contribution in [1.82, 2.24) is 5.32 Å². The SMILES string of the molecule is C[C@H](N)C(=O)C1(CCO)NC(C(=O)O)CS1.Cl. The molecular formula is C9H17ClN2O4S. The van der Waals surface area contributed by atoms with E-state index in [9.17, 15) is 9.59 Å². The third-order valence-corrected chi connectivity index (χ3v) is 3.99.